The molecule has 8 aromatic rings. The predicted molar refractivity (Wildman–Crippen MR) is 154 cm³/mol. The molecule has 0 atom stereocenters. The molecule has 0 aliphatic rings. The third kappa shape index (κ3) is 2.80. The Morgan fingerprint density at radius 1 is 0.622 bits per heavy atom. The maximum atomic E-state index is 8.38. The highest BCUT2D eigenvalue weighted by molar-refractivity contribution is 6.24. The van der Waals surface area contributed by atoms with Crippen LogP contribution in [0.15, 0.2) is 120 Å². The number of rotatable bonds is 2. The van der Waals surface area contributed by atoms with Gasteiger partial charge in [-0.3, -0.25) is 4.57 Å². The molecule has 37 heavy (non-hydrogen) atoms. The number of imidazole rings is 1. The van der Waals surface area contributed by atoms with E-state index in [1.807, 2.05) is 83.4 Å². The summed E-state index contributed by atoms with van der Waals surface area (Å²) in [6.45, 7) is -2.40. The van der Waals surface area contributed by atoms with Crippen molar-refractivity contribution < 1.29 is 8.53 Å². The highest BCUT2D eigenvalue weighted by Gasteiger charge is 2.21. The summed E-state index contributed by atoms with van der Waals surface area (Å²) in [4.78, 5) is 4.61. The second-order valence-electron chi connectivity index (χ2n) is 9.35. The van der Waals surface area contributed by atoms with Gasteiger partial charge < -0.3 is 4.42 Å². The summed E-state index contributed by atoms with van der Waals surface area (Å²) in [5.41, 5.74) is 6.09. The molecule has 174 valence electrons. The molecule has 3 heteroatoms. The number of hydrogen-bond acceptors (Lipinski definition) is 2. The fourth-order valence-electron chi connectivity index (χ4n) is 5.87. The average molecular weight is 478 g/mol. The van der Waals surface area contributed by atoms with Gasteiger partial charge in [0.1, 0.15) is 17.0 Å². The fraction of sp³-hybridized carbons (Fsp3) is 0.0294. The molecule has 6 aromatic carbocycles. The van der Waals surface area contributed by atoms with Crippen LogP contribution >= 0.6 is 0 Å². The van der Waals surface area contributed by atoms with E-state index < -0.39 is 6.85 Å². The number of para-hydroxylation sites is 3. The summed E-state index contributed by atoms with van der Waals surface area (Å²) in [6.07, 6.45) is 0. The predicted octanol–water partition coefficient (Wildman–Crippen LogP) is 9.21. The number of nitrogens with zero attached hydrogens (tertiary/aromatic N) is 2. The summed E-state index contributed by atoms with van der Waals surface area (Å²) in [6, 6.07) is 38.4. The first-order chi connectivity index (χ1) is 19.5. The Bertz CT molecular complexity index is 2220. The van der Waals surface area contributed by atoms with E-state index in [-0.39, 0.29) is 5.82 Å². The molecule has 0 N–H and O–H groups in total. The average Bonchev–Trinajstić information content (AvgIpc) is 3.55. The molecule has 0 amide bonds. The van der Waals surface area contributed by atoms with Crippen LogP contribution < -0.4 is 0 Å². The van der Waals surface area contributed by atoms with Crippen LogP contribution in [0, 0.1) is 6.85 Å². The quantitative estimate of drug-likeness (QED) is 0.232. The second kappa shape index (κ2) is 7.55. The number of furan rings is 1. The van der Waals surface area contributed by atoms with E-state index in [0.29, 0.717) is 5.52 Å². The summed E-state index contributed by atoms with van der Waals surface area (Å²) in [5, 5.41) is 6.10. The number of aryl methyl sites for hydroxylation is 1. The van der Waals surface area contributed by atoms with Gasteiger partial charge in [0.2, 0.25) is 0 Å². The number of aromatic nitrogens is 2. The molecule has 2 aromatic heterocycles. The number of fused-ring (bicyclic) bond motifs is 6. The molecule has 0 spiro atoms. The number of hydrogen-bond donors (Lipinski definition) is 0. The van der Waals surface area contributed by atoms with Crippen molar-refractivity contribution in [3.63, 3.8) is 0 Å². The molecule has 3 nitrogen and oxygen atoms in total. The van der Waals surface area contributed by atoms with E-state index in [2.05, 4.69) is 41.4 Å². The van der Waals surface area contributed by atoms with Crippen LogP contribution in [-0.2, 0) is 0 Å². The first-order valence-electron chi connectivity index (χ1n) is 13.8. The van der Waals surface area contributed by atoms with Crippen molar-refractivity contribution in [3.05, 3.63) is 121 Å². The highest BCUT2D eigenvalue weighted by Crippen LogP contribution is 2.45. The van der Waals surface area contributed by atoms with Gasteiger partial charge in [0.15, 0.2) is 0 Å². The summed E-state index contributed by atoms with van der Waals surface area (Å²) in [7, 11) is 0. The van der Waals surface area contributed by atoms with Gasteiger partial charge in [0, 0.05) is 25.7 Å². The van der Waals surface area contributed by atoms with E-state index in [4.69, 9.17) is 8.53 Å². The van der Waals surface area contributed by atoms with E-state index in [1.165, 1.54) is 0 Å². The smallest absolute Gasteiger partial charge is 0.136 e. The molecular formula is C34H22N2O. The van der Waals surface area contributed by atoms with E-state index in [0.717, 1.165) is 65.8 Å². The van der Waals surface area contributed by atoms with Gasteiger partial charge in [-0.25, -0.2) is 4.98 Å². The highest BCUT2D eigenvalue weighted by atomic mass is 16.3. The third-order valence-electron chi connectivity index (χ3n) is 7.36. The summed E-state index contributed by atoms with van der Waals surface area (Å²) < 4.78 is 33.2. The Balaban J connectivity index is 1.59. The zero-order chi connectivity index (χ0) is 27.0. The Morgan fingerprint density at radius 3 is 2.00 bits per heavy atom. The topological polar surface area (TPSA) is 31.0 Å². The van der Waals surface area contributed by atoms with Crippen molar-refractivity contribution in [2.75, 3.05) is 0 Å². The Kier molecular flexibility index (Phi) is 3.58. The molecule has 2 heterocycles. The minimum Gasteiger partial charge on any atom is -0.456 e. The van der Waals surface area contributed by atoms with Gasteiger partial charge in [-0.15, -0.1) is 0 Å². The Morgan fingerprint density at radius 2 is 1.24 bits per heavy atom. The van der Waals surface area contributed by atoms with Crippen LogP contribution in [-0.4, -0.2) is 9.55 Å². The molecule has 8 rings (SSSR count). The lowest BCUT2D eigenvalue weighted by Gasteiger charge is -2.19. The molecule has 0 unspecified atom stereocenters. The van der Waals surface area contributed by atoms with E-state index >= 15 is 0 Å². The van der Waals surface area contributed by atoms with Crippen LogP contribution in [0.1, 0.15) is 9.94 Å². The molecule has 0 saturated heterocycles. The van der Waals surface area contributed by atoms with Gasteiger partial charge >= 0.3 is 0 Å². The molecule has 0 fully saturated rings. The second-order valence-corrected chi connectivity index (χ2v) is 9.35. The van der Waals surface area contributed by atoms with E-state index in [9.17, 15) is 0 Å². The maximum absolute atomic E-state index is 8.38. The zero-order valence-electron chi connectivity index (χ0n) is 22.8. The van der Waals surface area contributed by atoms with Gasteiger partial charge in [-0.1, -0.05) is 91.0 Å². The van der Waals surface area contributed by atoms with Gasteiger partial charge in [-0.05, 0) is 53.0 Å². The molecule has 0 aliphatic heterocycles. The minimum absolute atomic E-state index is 0.0553. The van der Waals surface area contributed by atoms with Crippen molar-refractivity contribution in [2.45, 2.75) is 6.85 Å². The summed E-state index contributed by atoms with van der Waals surface area (Å²) >= 11 is 0. The minimum atomic E-state index is -2.40. The first-order valence-corrected chi connectivity index (χ1v) is 12.3. The van der Waals surface area contributed by atoms with Crippen LogP contribution in [0.5, 0.6) is 0 Å². The van der Waals surface area contributed by atoms with Crippen molar-refractivity contribution in [3.8, 4) is 16.8 Å². The molecular weight excluding hydrogens is 452 g/mol. The molecule has 0 bridgehead atoms. The monoisotopic (exact) mass is 477 g/mol. The SMILES string of the molecule is [2H]C([2H])([2H])c1nc2ccccc2n1-c1c2ccccc2c(-c2cccc3oc4ccccc4c23)c2ccccc12. The van der Waals surface area contributed by atoms with Crippen LogP contribution in [0.2, 0.25) is 0 Å². The molecule has 0 saturated carbocycles. The van der Waals surface area contributed by atoms with Gasteiger partial charge in [-0.2, -0.15) is 0 Å². The zero-order valence-corrected chi connectivity index (χ0v) is 19.8. The Hall–Kier alpha value is -4.89. The lowest BCUT2D eigenvalue weighted by molar-refractivity contribution is 0.669. The van der Waals surface area contributed by atoms with Gasteiger partial charge in [0.25, 0.3) is 0 Å². The first kappa shape index (κ1) is 17.5. The molecule has 0 aliphatic carbocycles. The number of benzene rings is 6. The fourth-order valence-corrected chi connectivity index (χ4v) is 5.87. The summed E-state index contributed by atoms with van der Waals surface area (Å²) in [5.74, 6) is 0.0553. The van der Waals surface area contributed by atoms with Crippen LogP contribution in [0.25, 0.3) is 71.3 Å². The largest absolute Gasteiger partial charge is 0.456 e. The molecule has 0 radical (unpaired) electrons. The van der Waals surface area contributed by atoms with E-state index in [1.54, 1.807) is 0 Å². The van der Waals surface area contributed by atoms with Crippen molar-refractivity contribution in [2.24, 2.45) is 0 Å². The van der Waals surface area contributed by atoms with Crippen LogP contribution in [0.3, 0.4) is 0 Å². The lowest BCUT2D eigenvalue weighted by atomic mass is 9.88. The Labute approximate surface area is 217 Å². The lowest BCUT2D eigenvalue weighted by Crippen LogP contribution is -2.01. The van der Waals surface area contributed by atoms with Crippen LogP contribution in [0.4, 0.5) is 0 Å². The third-order valence-corrected chi connectivity index (χ3v) is 7.36. The standard InChI is InChI=1S/C34H22N2O/c1-21-35-28-17-7-8-18-29(28)36(21)34-24-13-4-2-11-22(24)32(23-12-3-5-14-25(23)34)27-16-10-20-31-33(27)26-15-6-9-19-30(26)37-31/h2-20H,1H3/i1D3. The van der Waals surface area contributed by atoms with Gasteiger partial charge in [0.05, 0.1) is 16.7 Å². The maximum Gasteiger partial charge on any atom is 0.136 e. The van der Waals surface area contributed by atoms with Crippen molar-refractivity contribution in [1.29, 1.82) is 0 Å². The van der Waals surface area contributed by atoms with Crippen molar-refractivity contribution in [1.82, 2.24) is 9.55 Å². The normalized spacial score (nSPS) is 13.5. The van der Waals surface area contributed by atoms with Crippen molar-refractivity contribution >= 4 is 54.5 Å².